The molecule has 0 saturated heterocycles. The summed E-state index contributed by atoms with van der Waals surface area (Å²) in [6, 6.07) is 5.60. The molecule has 96 valence electrons. The zero-order valence-corrected chi connectivity index (χ0v) is 11.4. The zero-order valence-electron chi connectivity index (χ0n) is 10.6. The average molecular weight is 265 g/mol. The average Bonchev–Trinajstić information content (AvgIpc) is 2.76. The summed E-state index contributed by atoms with van der Waals surface area (Å²) in [7, 11) is 0. The Morgan fingerprint density at radius 3 is 2.78 bits per heavy atom. The normalized spacial score (nSPS) is 12.7. The van der Waals surface area contributed by atoms with Crippen LogP contribution in [0.4, 0.5) is 0 Å². The Kier molecular flexibility index (Phi) is 4.04. The Hall–Kier alpha value is -1.32. The van der Waals surface area contributed by atoms with Crippen LogP contribution in [0.2, 0.25) is 5.02 Å². The van der Waals surface area contributed by atoms with E-state index < -0.39 is 6.10 Å². The molecular formula is C14H17ClN2O. The number of benzene rings is 1. The number of halogens is 1. The van der Waals surface area contributed by atoms with Crippen LogP contribution in [0.5, 0.6) is 0 Å². The second-order valence-corrected chi connectivity index (χ2v) is 4.94. The molecule has 0 saturated carbocycles. The van der Waals surface area contributed by atoms with Gasteiger partial charge in [-0.15, -0.1) is 0 Å². The minimum Gasteiger partial charge on any atom is -0.384 e. The van der Waals surface area contributed by atoms with Crippen LogP contribution >= 0.6 is 11.6 Å². The Morgan fingerprint density at radius 2 is 2.11 bits per heavy atom. The molecule has 0 aliphatic carbocycles. The molecule has 2 rings (SSSR count). The molecule has 0 amide bonds. The van der Waals surface area contributed by atoms with Crippen LogP contribution in [0.15, 0.2) is 30.6 Å². The highest BCUT2D eigenvalue weighted by molar-refractivity contribution is 6.30. The molecule has 3 nitrogen and oxygen atoms in total. The fraction of sp³-hybridized carbons (Fsp3) is 0.357. The van der Waals surface area contributed by atoms with Gasteiger partial charge in [0.2, 0.25) is 0 Å². The first-order valence-corrected chi connectivity index (χ1v) is 6.45. The summed E-state index contributed by atoms with van der Waals surface area (Å²) in [6.07, 6.45) is 3.93. The summed E-state index contributed by atoms with van der Waals surface area (Å²) in [4.78, 5) is 0. The summed E-state index contributed by atoms with van der Waals surface area (Å²) in [5.74, 6) is 0. The third kappa shape index (κ3) is 2.92. The molecule has 1 N–H and O–H groups in total. The predicted molar refractivity (Wildman–Crippen MR) is 72.8 cm³/mol. The lowest BCUT2D eigenvalue weighted by Gasteiger charge is -2.10. The van der Waals surface area contributed by atoms with Gasteiger partial charge < -0.3 is 5.11 Å². The second-order valence-electron chi connectivity index (χ2n) is 4.50. The third-order valence-corrected chi connectivity index (χ3v) is 3.02. The largest absolute Gasteiger partial charge is 0.384 e. The number of aryl methyl sites for hydroxylation is 2. The van der Waals surface area contributed by atoms with Gasteiger partial charge in [0.05, 0.1) is 6.20 Å². The Morgan fingerprint density at radius 1 is 1.33 bits per heavy atom. The van der Waals surface area contributed by atoms with E-state index in [0.717, 1.165) is 29.7 Å². The summed E-state index contributed by atoms with van der Waals surface area (Å²) in [6.45, 7) is 4.92. The Balaban J connectivity index is 2.26. The smallest absolute Gasteiger partial charge is 0.107 e. The number of rotatable bonds is 4. The molecule has 0 spiro atoms. The molecule has 2 aromatic rings. The topological polar surface area (TPSA) is 38.0 Å². The van der Waals surface area contributed by atoms with Crippen LogP contribution < -0.4 is 0 Å². The van der Waals surface area contributed by atoms with Crippen molar-refractivity contribution in [2.24, 2.45) is 0 Å². The summed E-state index contributed by atoms with van der Waals surface area (Å²) >= 11 is 6.00. The molecule has 0 aliphatic rings. The molecule has 18 heavy (non-hydrogen) atoms. The highest BCUT2D eigenvalue weighted by Crippen LogP contribution is 2.25. The minimum atomic E-state index is -0.673. The van der Waals surface area contributed by atoms with Crippen molar-refractivity contribution in [1.82, 2.24) is 9.78 Å². The van der Waals surface area contributed by atoms with Gasteiger partial charge in [-0.1, -0.05) is 24.6 Å². The standard InChI is InChI=1S/C14H17ClN2O/c1-3-4-17-9-12(8-16-17)14(18)11-5-10(2)6-13(15)7-11/h5-9,14,18H,3-4H2,1-2H3. The van der Waals surface area contributed by atoms with Gasteiger partial charge in [-0.2, -0.15) is 5.10 Å². The highest BCUT2D eigenvalue weighted by atomic mass is 35.5. The fourth-order valence-electron chi connectivity index (χ4n) is 1.99. The minimum absolute atomic E-state index is 0.644. The lowest BCUT2D eigenvalue weighted by atomic mass is 10.0. The van der Waals surface area contributed by atoms with Gasteiger partial charge in [0.15, 0.2) is 0 Å². The molecule has 0 aliphatic heterocycles. The van der Waals surface area contributed by atoms with Crippen molar-refractivity contribution in [3.05, 3.63) is 52.3 Å². The van der Waals surface area contributed by atoms with Crippen molar-refractivity contribution >= 4 is 11.6 Å². The highest BCUT2D eigenvalue weighted by Gasteiger charge is 2.13. The van der Waals surface area contributed by atoms with Gasteiger partial charge in [0, 0.05) is 23.3 Å². The Labute approximate surface area is 112 Å². The molecular weight excluding hydrogens is 248 g/mol. The van der Waals surface area contributed by atoms with Gasteiger partial charge in [-0.25, -0.2) is 0 Å². The van der Waals surface area contributed by atoms with E-state index in [4.69, 9.17) is 11.6 Å². The van der Waals surface area contributed by atoms with E-state index in [-0.39, 0.29) is 0 Å². The van der Waals surface area contributed by atoms with Gasteiger partial charge >= 0.3 is 0 Å². The van der Waals surface area contributed by atoms with Crippen LogP contribution in [-0.4, -0.2) is 14.9 Å². The molecule has 1 aromatic carbocycles. The van der Waals surface area contributed by atoms with Crippen molar-refractivity contribution in [3.8, 4) is 0 Å². The van der Waals surface area contributed by atoms with Crippen molar-refractivity contribution in [1.29, 1.82) is 0 Å². The van der Waals surface area contributed by atoms with Crippen molar-refractivity contribution in [2.45, 2.75) is 32.9 Å². The number of nitrogens with zero attached hydrogens (tertiary/aromatic N) is 2. The summed E-state index contributed by atoms with van der Waals surface area (Å²) in [5, 5.41) is 15.2. The van der Waals surface area contributed by atoms with Crippen molar-refractivity contribution in [3.63, 3.8) is 0 Å². The van der Waals surface area contributed by atoms with Crippen LogP contribution in [0.3, 0.4) is 0 Å². The molecule has 1 heterocycles. The van der Waals surface area contributed by atoms with Gasteiger partial charge in [-0.05, 0) is 36.6 Å². The quantitative estimate of drug-likeness (QED) is 0.920. The van der Waals surface area contributed by atoms with E-state index >= 15 is 0 Å². The lowest BCUT2D eigenvalue weighted by molar-refractivity contribution is 0.220. The van der Waals surface area contributed by atoms with E-state index in [9.17, 15) is 5.11 Å². The Bertz CT molecular complexity index is 516. The fourth-order valence-corrected chi connectivity index (χ4v) is 2.29. The number of aromatic nitrogens is 2. The maximum Gasteiger partial charge on any atom is 0.107 e. The SMILES string of the molecule is CCCn1cc(C(O)c2cc(C)cc(Cl)c2)cn1. The van der Waals surface area contributed by atoms with E-state index in [1.54, 1.807) is 12.3 Å². The second kappa shape index (κ2) is 5.55. The first-order valence-electron chi connectivity index (χ1n) is 6.07. The van der Waals surface area contributed by atoms with Gasteiger partial charge in [0.1, 0.15) is 6.10 Å². The number of aliphatic hydroxyl groups excluding tert-OH is 1. The van der Waals surface area contributed by atoms with Crippen molar-refractivity contribution < 1.29 is 5.11 Å². The first kappa shape index (κ1) is 13.1. The van der Waals surface area contributed by atoms with Gasteiger partial charge in [0.25, 0.3) is 0 Å². The number of aliphatic hydroxyl groups is 1. The molecule has 1 atom stereocenters. The lowest BCUT2D eigenvalue weighted by Crippen LogP contribution is -2.00. The number of hydrogen-bond acceptors (Lipinski definition) is 2. The van der Waals surface area contributed by atoms with E-state index in [1.807, 2.05) is 29.9 Å². The van der Waals surface area contributed by atoms with Gasteiger partial charge in [-0.3, -0.25) is 4.68 Å². The molecule has 1 unspecified atom stereocenters. The molecule has 0 bridgehead atoms. The monoisotopic (exact) mass is 264 g/mol. The molecule has 4 heteroatoms. The van der Waals surface area contributed by atoms with Crippen LogP contribution in [0.25, 0.3) is 0 Å². The van der Waals surface area contributed by atoms with E-state index in [2.05, 4.69) is 12.0 Å². The number of hydrogen-bond donors (Lipinski definition) is 1. The van der Waals surface area contributed by atoms with E-state index in [0.29, 0.717) is 5.02 Å². The maximum absolute atomic E-state index is 10.3. The molecule has 0 fully saturated rings. The van der Waals surface area contributed by atoms with Crippen LogP contribution in [0.1, 0.15) is 36.1 Å². The molecule has 1 aromatic heterocycles. The maximum atomic E-state index is 10.3. The van der Waals surface area contributed by atoms with Crippen molar-refractivity contribution in [2.75, 3.05) is 0 Å². The van der Waals surface area contributed by atoms with Crippen LogP contribution in [-0.2, 0) is 6.54 Å². The predicted octanol–water partition coefficient (Wildman–Crippen LogP) is 3.34. The summed E-state index contributed by atoms with van der Waals surface area (Å²) < 4.78 is 1.84. The zero-order chi connectivity index (χ0) is 13.1. The summed E-state index contributed by atoms with van der Waals surface area (Å²) in [5.41, 5.74) is 2.64. The van der Waals surface area contributed by atoms with E-state index in [1.165, 1.54) is 0 Å². The molecule has 0 radical (unpaired) electrons. The third-order valence-electron chi connectivity index (χ3n) is 2.80. The first-order chi connectivity index (χ1) is 8.60. The van der Waals surface area contributed by atoms with Crippen LogP contribution in [0, 0.1) is 6.92 Å².